The van der Waals surface area contributed by atoms with Gasteiger partial charge in [-0.05, 0) is 48.2 Å². The summed E-state index contributed by atoms with van der Waals surface area (Å²) in [6.45, 7) is 2.59. The van der Waals surface area contributed by atoms with Crippen LogP contribution in [-0.4, -0.2) is 11.8 Å². The summed E-state index contributed by atoms with van der Waals surface area (Å²) in [5, 5.41) is -0.329. The molecule has 1 atom stereocenters. The molecule has 0 spiro atoms. The predicted octanol–water partition coefficient (Wildman–Crippen LogP) is 4.18. The summed E-state index contributed by atoms with van der Waals surface area (Å²) in [6, 6.07) is 17.4. The van der Waals surface area contributed by atoms with Crippen LogP contribution in [0.5, 0.6) is 5.75 Å². The molecule has 2 nitrogen and oxygen atoms in total. The number of hydrogen-bond acceptors (Lipinski definition) is 2. The Bertz CT molecular complexity index is 549. The lowest BCUT2D eigenvalue weighted by Gasteiger charge is -2.13. The predicted molar refractivity (Wildman–Crippen MR) is 81.4 cm³/mol. The Morgan fingerprint density at radius 3 is 2.30 bits per heavy atom. The number of benzene rings is 2. The van der Waals surface area contributed by atoms with Crippen LogP contribution < -0.4 is 4.74 Å². The van der Waals surface area contributed by atoms with Gasteiger partial charge in [-0.15, -0.1) is 0 Å². The minimum absolute atomic E-state index is 0.309. The van der Waals surface area contributed by atoms with E-state index in [1.807, 2.05) is 61.5 Å². The quantitative estimate of drug-likeness (QED) is 0.746. The van der Waals surface area contributed by atoms with Crippen LogP contribution in [0.3, 0.4) is 0 Å². The highest BCUT2D eigenvalue weighted by Crippen LogP contribution is 2.24. The first-order valence-electron chi connectivity index (χ1n) is 6.66. The van der Waals surface area contributed by atoms with Gasteiger partial charge in [0.1, 0.15) is 5.75 Å². The number of halogens is 1. The van der Waals surface area contributed by atoms with Crippen molar-refractivity contribution < 1.29 is 9.53 Å². The van der Waals surface area contributed by atoms with Gasteiger partial charge in [0.15, 0.2) is 0 Å². The zero-order valence-corrected chi connectivity index (χ0v) is 12.1. The maximum absolute atomic E-state index is 11.7. The molecular weight excluding hydrogens is 272 g/mol. The molecule has 0 fully saturated rings. The Balaban J connectivity index is 2.14. The maximum Gasteiger partial charge on any atom is 0.229 e. The van der Waals surface area contributed by atoms with E-state index in [1.54, 1.807) is 0 Å². The van der Waals surface area contributed by atoms with E-state index >= 15 is 0 Å². The number of rotatable bonds is 6. The maximum atomic E-state index is 11.7. The van der Waals surface area contributed by atoms with Gasteiger partial charge in [0.2, 0.25) is 5.24 Å². The number of carbonyl (C=O) groups excluding carboxylic acids is 1. The average molecular weight is 289 g/mol. The molecule has 3 heteroatoms. The molecule has 0 heterocycles. The second-order valence-electron chi connectivity index (χ2n) is 4.55. The van der Waals surface area contributed by atoms with Crippen molar-refractivity contribution in [2.24, 2.45) is 0 Å². The highest BCUT2D eigenvalue weighted by molar-refractivity contribution is 6.64. The minimum atomic E-state index is -0.329. The average Bonchev–Trinajstić information content (AvgIpc) is 2.47. The lowest BCUT2D eigenvalue weighted by atomic mass is 9.93. The molecule has 0 N–H and O–H groups in total. The van der Waals surface area contributed by atoms with Crippen molar-refractivity contribution in [3.63, 3.8) is 0 Å². The van der Waals surface area contributed by atoms with E-state index in [4.69, 9.17) is 16.3 Å². The first-order valence-corrected chi connectivity index (χ1v) is 7.04. The summed E-state index contributed by atoms with van der Waals surface area (Å²) >= 11 is 5.75. The van der Waals surface area contributed by atoms with Crippen LogP contribution in [-0.2, 0) is 11.2 Å². The normalized spacial score (nSPS) is 11.9. The van der Waals surface area contributed by atoms with Crippen LogP contribution >= 0.6 is 11.6 Å². The molecule has 20 heavy (non-hydrogen) atoms. The summed E-state index contributed by atoms with van der Waals surface area (Å²) in [5.74, 6) is 0.528. The molecule has 0 aliphatic rings. The zero-order chi connectivity index (χ0) is 14.4. The van der Waals surface area contributed by atoms with Crippen molar-refractivity contribution in [1.82, 2.24) is 0 Å². The Kier molecular flexibility index (Phi) is 5.19. The van der Waals surface area contributed by atoms with Crippen LogP contribution in [0.1, 0.15) is 24.0 Å². The van der Waals surface area contributed by atoms with Crippen molar-refractivity contribution in [1.29, 1.82) is 0 Å². The molecule has 2 aromatic carbocycles. The fourth-order valence-corrected chi connectivity index (χ4v) is 2.34. The Labute approximate surface area is 124 Å². The van der Waals surface area contributed by atoms with Crippen LogP contribution in [0, 0.1) is 0 Å². The molecule has 0 aromatic heterocycles. The van der Waals surface area contributed by atoms with Gasteiger partial charge in [0.05, 0.1) is 12.5 Å². The Morgan fingerprint density at radius 1 is 1.10 bits per heavy atom. The number of hydrogen-bond donors (Lipinski definition) is 0. The van der Waals surface area contributed by atoms with Gasteiger partial charge in [-0.2, -0.15) is 0 Å². The molecule has 0 amide bonds. The molecule has 0 saturated heterocycles. The van der Waals surface area contributed by atoms with E-state index in [2.05, 4.69) is 0 Å². The third kappa shape index (κ3) is 3.84. The highest BCUT2D eigenvalue weighted by atomic mass is 35.5. The van der Waals surface area contributed by atoms with E-state index in [-0.39, 0.29) is 11.2 Å². The smallest absolute Gasteiger partial charge is 0.229 e. The van der Waals surface area contributed by atoms with E-state index < -0.39 is 0 Å². The molecule has 0 aliphatic heterocycles. The lowest BCUT2D eigenvalue weighted by Crippen LogP contribution is -2.10. The lowest BCUT2D eigenvalue weighted by molar-refractivity contribution is -0.113. The molecule has 0 aliphatic carbocycles. The summed E-state index contributed by atoms with van der Waals surface area (Å²) in [5.41, 5.74) is 2.01. The van der Waals surface area contributed by atoms with E-state index in [1.165, 1.54) is 0 Å². The summed E-state index contributed by atoms with van der Waals surface area (Å²) in [6.07, 6.45) is 0.596. The Hall–Kier alpha value is -1.80. The molecule has 0 bridgehead atoms. The van der Waals surface area contributed by atoms with Crippen molar-refractivity contribution >= 4 is 16.8 Å². The van der Waals surface area contributed by atoms with Gasteiger partial charge in [-0.25, -0.2) is 0 Å². The minimum Gasteiger partial charge on any atom is -0.494 e. The Morgan fingerprint density at radius 2 is 1.75 bits per heavy atom. The fraction of sp³-hybridized carbons (Fsp3) is 0.235. The van der Waals surface area contributed by atoms with Gasteiger partial charge in [0.25, 0.3) is 0 Å². The zero-order valence-electron chi connectivity index (χ0n) is 11.4. The largest absolute Gasteiger partial charge is 0.494 e. The summed E-state index contributed by atoms with van der Waals surface area (Å²) in [7, 11) is 0. The molecule has 0 radical (unpaired) electrons. The van der Waals surface area contributed by atoms with Crippen molar-refractivity contribution in [3.05, 3.63) is 65.7 Å². The topological polar surface area (TPSA) is 26.3 Å². The molecule has 1 unspecified atom stereocenters. The van der Waals surface area contributed by atoms with E-state index in [0.29, 0.717) is 13.0 Å². The summed E-state index contributed by atoms with van der Waals surface area (Å²) in [4.78, 5) is 11.7. The second-order valence-corrected chi connectivity index (χ2v) is 4.92. The fourth-order valence-electron chi connectivity index (χ4n) is 2.14. The van der Waals surface area contributed by atoms with Crippen molar-refractivity contribution in [2.45, 2.75) is 19.3 Å². The molecule has 2 rings (SSSR count). The summed E-state index contributed by atoms with van der Waals surface area (Å²) < 4.78 is 5.40. The molecule has 0 saturated carbocycles. The number of ether oxygens (including phenoxy) is 1. The monoisotopic (exact) mass is 288 g/mol. The van der Waals surface area contributed by atoms with Gasteiger partial charge in [-0.3, -0.25) is 4.79 Å². The van der Waals surface area contributed by atoms with Crippen LogP contribution in [0.4, 0.5) is 0 Å². The van der Waals surface area contributed by atoms with Gasteiger partial charge in [-0.1, -0.05) is 42.5 Å². The van der Waals surface area contributed by atoms with E-state index in [9.17, 15) is 4.79 Å². The van der Waals surface area contributed by atoms with Gasteiger partial charge in [0, 0.05) is 0 Å². The van der Waals surface area contributed by atoms with Crippen LogP contribution in [0.15, 0.2) is 54.6 Å². The SMILES string of the molecule is CCOc1ccc(CC(C(=O)Cl)c2ccccc2)cc1. The van der Waals surface area contributed by atoms with Crippen molar-refractivity contribution in [3.8, 4) is 5.75 Å². The second kappa shape index (κ2) is 7.11. The third-order valence-electron chi connectivity index (χ3n) is 3.15. The first-order chi connectivity index (χ1) is 9.70. The van der Waals surface area contributed by atoms with Crippen LogP contribution in [0.25, 0.3) is 0 Å². The molecular formula is C17H17ClO2. The molecule has 2 aromatic rings. The van der Waals surface area contributed by atoms with Crippen molar-refractivity contribution in [2.75, 3.05) is 6.61 Å². The van der Waals surface area contributed by atoms with E-state index in [0.717, 1.165) is 16.9 Å². The third-order valence-corrected chi connectivity index (χ3v) is 3.41. The van der Waals surface area contributed by atoms with Crippen LogP contribution in [0.2, 0.25) is 0 Å². The standard InChI is InChI=1S/C17H17ClO2/c1-2-20-15-10-8-13(9-11-15)12-16(17(18)19)14-6-4-3-5-7-14/h3-11,16H,2,12H2,1H3. The first kappa shape index (κ1) is 14.6. The number of carbonyl (C=O) groups is 1. The van der Waals surface area contributed by atoms with Gasteiger partial charge >= 0.3 is 0 Å². The molecule has 104 valence electrons. The highest BCUT2D eigenvalue weighted by Gasteiger charge is 2.18. The van der Waals surface area contributed by atoms with Gasteiger partial charge < -0.3 is 4.74 Å².